The maximum Gasteiger partial charge on any atom is 0.240 e. The van der Waals surface area contributed by atoms with Gasteiger partial charge in [0, 0.05) is 11.4 Å². The highest BCUT2D eigenvalue weighted by molar-refractivity contribution is 7.89. The van der Waals surface area contributed by atoms with Gasteiger partial charge in [-0.2, -0.15) is 0 Å². The highest BCUT2D eigenvalue weighted by atomic mass is 32.2. The monoisotopic (exact) mass is 375 g/mol. The molecule has 3 aromatic rings. The predicted octanol–water partition coefficient (Wildman–Crippen LogP) is 3.67. The van der Waals surface area contributed by atoms with E-state index in [9.17, 15) is 13.2 Å². The van der Waals surface area contributed by atoms with Crippen LogP contribution in [-0.4, -0.2) is 14.2 Å². The number of rotatable bonds is 6. The number of hydrogen-bond donors (Lipinski definition) is 1. The molecule has 2 heterocycles. The van der Waals surface area contributed by atoms with Crippen molar-refractivity contribution >= 4 is 27.1 Å². The van der Waals surface area contributed by atoms with E-state index in [2.05, 4.69) is 4.72 Å². The van der Waals surface area contributed by atoms with Crippen LogP contribution in [0.5, 0.6) is 0 Å². The summed E-state index contributed by atoms with van der Waals surface area (Å²) in [4.78, 5) is 13.7. The Hall–Kier alpha value is -2.22. The van der Waals surface area contributed by atoms with Gasteiger partial charge < -0.3 is 4.42 Å². The quantitative estimate of drug-likeness (QED) is 0.667. The summed E-state index contributed by atoms with van der Waals surface area (Å²) < 4.78 is 32.5. The third-order valence-electron chi connectivity index (χ3n) is 3.86. The molecule has 0 radical (unpaired) electrons. The Morgan fingerprint density at radius 2 is 1.92 bits per heavy atom. The molecule has 0 saturated carbocycles. The number of aryl methyl sites for hydroxylation is 2. The molecule has 0 aliphatic heterocycles. The van der Waals surface area contributed by atoms with Gasteiger partial charge in [-0.1, -0.05) is 6.07 Å². The molecule has 0 aliphatic carbocycles. The number of nitrogens with one attached hydrogen (secondary N) is 1. The van der Waals surface area contributed by atoms with E-state index in [-0.39, 0.29) is 23.0 Å². The summed E-state index contributed by atoms with van der Waals surface area (Å²) in [6, 6.07) is 11.7. The predicted molar refractivity (Wildman–Crippen MR) is 96.4 cm³/mol. The number of thiophene rings is 1. The molecule has 25 heavy (non-hydrogen) atoms. The Balaban J connectivity index is 1.71. The van der Waals surface area contributed by atoms with Gasteiger partial charge in [-0.05, 0) is 61.4 Å². The van der Waals surface area contributed by atoms with Crippen LogP contribution in [0.15, 0.2) is 58.0 Å². The van der Waals surface area contributed by atoms with E-state index in [1.165, 1.54) is 17.6 Å². The van der Waals surface area contributed by atoms with Crippen LogP contribution in [-0.2, 0) is 16.6 Å². The molecule has 0 aliphatic rings. The van der Waals surface area contributed by atoms with E-state index in [0.29, 0.717) is 4.88 Å². The summed E-state index contributed by atoms with van der Waals surface area (Å²) >= 11 is 1.24. The van der Waals surface area contributed by atoms with Crippen LogP contribution in [0, 0.1) is 13.8 Å². The van der Waals surface area contributed by atoms with Gasteiger partial charge in [0.25, 0.3) is 0 Å². The van der Waals surface area contributed by atoms with Crippen LogP contribution >= 0.6 is 11.3 Å². The smallest absolute Gasteiger partial charge is 0.240 e. The van der Waals surface area contributed by atoms with Crippen molar-refractivity contribution in [3.63, 3.8) is 0 Å². The number of furan rings is 1. The molecule has 5 nitrogen and oxygen atoms in total. The second-order valence-corrected chi connectivity index (χ2v) is 8.58. The van der Waals surface area contributed by atoms with Gasteiger partial charge in [0.1, 0.15) is 0 Å². The number of carbonyl (C=O) groups is 1. The molecule has 1 N–H and O–H groups in total. The lowest BCUT2D eigenvalue weighted by molar-refractivity contribution is 0.101. The van der Waals surface area contributed by atoms with Crippen LogP contribution in [0.25, 0.3) is 0 Å². The Morgan fingerprint density at radius 1 is 1.12 bits per heavy atom. The number of carbonyl (C=O) groups excluding carboxylic acids is 1. The second kappa shape index (κ2) is 6.95. The van der Waals surface area contributed by atoms with Crippen molar-refractivity contribution in [2.75, 3.05) is 0 Å². The van der Waals surface area contributed by atoms with E-state index in [1.54, 1.807) is 42.5 Å². The Kier molecular flexibility index (Phi) is 4.89. The summed E-state index contributed by atoms with van der Waals surface area (Å²) in [5, 5.41) is 0. The topological polar surface area (TPSA) is 76.4 Å². The lowest BCUT2D eigenvalue weighted by Crippen LogP contribution is -2.22. The van der Waals surface area contributed by atoms with Crippen molar-refractivity contribution in [1.29, 1.82) is 0 Å². The minimum absolute atomic E-state index is 0.130. The Morgan fingerprint density at radius 3 is 2.60 bits per heavy atom. The minimum atomic E-state index is -3.60. The van der Waals surface area contributed by atoms with Crippen molar-refractivity contribution in [3.8, 4) is 0 Å². The zero-order chi connectivity index (χ0) is 18.0. The van der Waals surface area contributed by atoms with Gasteiger partial charge in [0.2, 0.25) is 15.8 Å². The number of benzene rings is 1. The minimum Gasteiger partial charge on any atom is -0.461 e. The summed E-state index contributed by atoms with van der Waals surface area (Å²) in [7, 11) is -3.60. The average Bonchev–Trinajstić information content (AvgIpc) is 3.26. The molecule has 3 rings (SSSR count). The molecule has 0 atom stereocenters. The fourth-order valence-electron chi connectivity index (χ4n) is 2.25. The molecule has 0 amide bonds. The van der Waals surface area contributed by atoms with Gasteiger partial charge in [0.05, 0.1) is 16.0 Å². The molecular weight excluding hydrogens is 358 g/mol. The zero-order valence-corrected chi connectivity index (χ0v) is 15.4. The first-order valence-electron chi connectivity index (χ1n) is 7.60. The van der Waals surface area contributed by atoms with Crippen molar-refractivity contribution in [2.24, 2.45) is 0 Å². The van der Waals surface area contributed by atoms with Crippen LogP contribution in [0.1, 0.15) is 31.4 Å². The SMILES string of the molecule is Cc1ccc(S(=O)(=O)NCc2ccc(C(=O)c3ccco3)s2)cc1C. The average molecular weight is 375 g/mol. The van der Waals surface area contributed by atoms with Gasteiger partial charge in [0.15, 0.2) is 5.76 Å². The molecular formula is C18H17NO4S2. The highest BCUT2D eigenvalue weighted by Gasteiger charge is 2.17. The molecule has 0 spiro atoms. The van der Waals surface area contributed by atoms with E-state index in [0.717, 1.165) is 16.0 Å². The zero-order valence-electron chi connectivity index (χ0n) is 13.8. The maximum atomic E-state index is 12.4. The van der Waals surface area contributed by atoms with Gasteiger partial charge in [-0.25, -0.2) is 13.1 Å². The fraction of sp³-hybridized carbons (Fsp3) is 0.167. The second-order valence-electron chi connectivity index (χ2n) is 5.64. The van der Waals surface area contributed by atoms with E-state index < -0.39 is 10.0 Å². The molecule has 0 unspecified atom stereocenters. The molecule has 0 bridgehead atoms. The highest BCUT2D eigenvalue weighted by Crippen LogP contribution is 2.21. The summed E-state index contributed by atoms with van der Waals surface area (Å²) in [6.07, 6.45) is 1.44. The lowest BCUT2D eigenvalue weighted by atomic mass is 10.1. The standard InChI is InChI=1S/C18H17NO4S2/c1-12-5-7-15(10-13(12)2)25(21,22)19-11-14-6-8-17(24-14)18(20)16-4-3-9-23-16/h3-10,19H,11H2,1-2H3. The molecule has 1 aromatic carbocycles. The number of ketones is 1. The maximum absolute atomic E-state index is 12.4. The first-order valence-corrected chi connectivity index (χ1v) is 9.90. The van der Waals surface area contributed by atoms with Crippen LogP contribution in [0.3, 0.4) is 0 Å². The summed E-state index contributed by atoms with van der Waals surface area (Å²) in [5.74, 6) is 0.0578. The first-order chi connectivity index (χ1) is 11.9. The van der Waals surface area contributed by atoms with Crippen molar-refractivity contribution in [1.82, 2.24) is 4.72 Å². The summed E-state index contributed by atoms with van der Waals surface area (Å²) in [6.45, 7) is 3.94. The molecule has 2 aromatic heterocycles. The van der Waals surface area contributed by atoms with Gasteiger partial charge in [-0.15, -0.1) is 11.3 Å². The summed E-state index contributed by atoms with van der Waals surface area (Å²) in [5.41, 5.74) is 1.96. The van der Waals surface area contributed by atoms with Gasteiger partial charge >= 0.3 is 0 Å². The number of sulfonamides is 1. The van der Waals surface area contributed by atoms with E-state index in [1.807, 2.05) is 13.8 Å². The van der Waals surface area contributed by atoms with Gasteiger partial charge in [-0.3, -0.25) is 4.79 Å². The molecule has 130 valence electrons. The number of hydrogen-bond acceptors (Lipinski definition) is 5. The largest absolute Gasteiger partial charge is 0.461 e. The molecule has 0 fully saturated rings. The van der Waals surface area contributed by atoms with E-state index >= 15 is 0 Å². The normalized spacial score (nSPS) is 11.6. The third kappa shape index (κ3) is 3.89. The molecule has 7 heteroatoms. The third-order valence-corrected chi connectivity index (χ3v) is 6.34. The van der Waals surface area contributed by atoms with Crippen LogP contribution < -0.4 is 4.72 Å². The molecule has 0 saturated heterocycles. The Bertz CT molecular complexity index is 1000. The van der Waals surface area contributed by atoms with Crippen molar-refractivity contribution in [3.05, 3.63) is 75.4 Å². The van der Waals surface area contributed by atoms with Crippen LogP contribution in [0.2, 0.25) is 0 Å². The first kappa shape index (κ1) is 17.6. The van der Waals surface area contributed by atoms with Crippen LogP contribution in [0.4, 0.5) is 0 Å². The lowest BCUT2D eigenvalue weighted by Gasteiger charge is -2.08. The van der Waals surface area contributed by atoms with Crippen molar-refractivity contribution in [2.45, 2.75) is 25.3 Å². The van der Waals surface area contributed by atoms with Crippen molar-refractivity contribution < 1.29 is 17.6 Å². The van der Waals surface area contributed by atoms with E-state index in [4.69, 9.17) is 4.42 Å². The fourth-order valence-corrected chi connectivity index (χ4v) is 4.33. The Labute approximate surface area is 150 Å².